The first kappa shape index (κ1) is 13.6. The lowest BCUT2D eigenvalue weighted by Gasteiger charge is -2.05. The van der Waals surface area contributed by atoms with Gasteiger partial charge in [0.05, 0.1) is 11.1 Å². The quantitative estimate of drug-likeness (QED) is 0.817. The minimum atomic E-state index is -0.367. The van der Waals surface area contributed by atoms with Crippen molar-refractivity contribution in [2.75, 3.05) is 12.4 Å². The molecule has 6 nitrogen and oxygen atoms in total. The van der Waals surface area contributed by atoms with E-state index in [1.54, 1.807) is 24.4 Å². The number of anilines is 1. The molecule has 3 rings (SSSR count). The molecule has 0 unspecified atom stereocenters. The van der Waals surface area contributed by atoms with E-state index in [0.29, 0.717) is 22.5 Å². The van der Waals surface area contributed by atoms with Gasteiger partial charge in [-0.3, -0.25) is 19.3 Å². The lowest BCUT2D eigenvalue weighted by molar-refractivity contribution is 0.0692. The van der Waals surface area contributed by atoms with E-state index >= 15 is 0 Å². The molecule has 0 bridgehead atoms. The maximum absolute atomic E-state index is 12.0. The average Bonchev–Trinajstić information content (AvgIpc) is 2.98. The molecule has 2 aromatic rings. The molecule has 0 spiro atoms. The fourth-order valence-corrected chi connectivity index (χ4v) is 2.48. The van der Waals surface area contributed by atoms with Crippen molar-refractivity contribution in [1.82, 2.24) is 9.88 Å². The van der Waals surface area contributed by atoms with Crippen LogP contribution in [0, 0.1) is 0 Å². The third kappa shape index (κ3) is 2.25. The summed E-state index contributed by atoms with van der Waals surface area (Å²) in [5.74, 6) is -1.03. The Kier molecular flexibility index (Phi) is 3.13. The summed E-state index contributed by atoms with van der Waals surface area (Å²) >= 11 is 3.25. The number of nitrogens with zero attached hydrogens (tertiary/aromatic N) is 1. The zero-order valence-corrected chi connectivity index (χ0v) is 12.5. The molecule has 0 radical (unpaired) electrons. The zero-order valence-electron chi connectivity index (χ0n) is 10.9. The van der Waals surface area contributed by atoms with Crippen LogP contribution in [0.5, 0.6) is 0 Å². The largest absolute Gasteiger partial charge is 0.356 e. The van der Waals surface area contributed by atoms with Gasteiger partial charge in [0.15, 0.2) is 0 Å². The maximum atomic E-state index is 12.0. The van der Waals surface area contributed by atoms with E-state index in [0.717, 1.165) is 9.37 Å². The molecule has 2 heterocycles. The number of fused-ring (bicyclic) bond motifs is 1. The molecule has 1 aromatic heterocycles. The van der Waals surface area contributed by atoms with Crippen LogP contribution in [-0.2, 0) is 0 Å². The molecule has 0 saturated heterocycles. The first-order valence-corrected chi connectivity index (χ1v) is 6.88. The molecule has 0 fully saturated rings. The van der Waals surface area contributed by atoms with Crippen LogP contribution in [0.25, 0.3) is 0 Å². The highest BCUT2D eigenvalue weighted by molar-refractivity contribution is 9.10. The number of hydrogen-bond acceptors (Lipinski definition) is 3. The number of carbonyl (C=O) groups is 3. The SMILES string of the molecule is CN1C(=O)c2ccc(NC(=O)c3cc(Br)c[nH]3)cc2C1=O. The highest BCUT2D eigenvalue weighted by Crippen LogP contribution is 2.25. The summed E-state index contributed by atoms with van der Waals surface area (Å²) in [4.78, 5) is 39.5. The number of nitrogens with one attached hydrogen (secondary N) is 2. The second kappa shape index (κ2) is 4.85. The van der Waals surface area contributed by atoms with Gasteiger partial charge in [0, 0.05) is 23.4 Å². The molecule has 0 atom stereocenters. The number of aromatic nitrogens is 1. The van der Waals surface area contributed by atoms with Gasteiger partial charge in [0.2, 0.25) is 0 Å². The summed E-state index contributed by atoms with van der Waals surface area (Å²) in [6.45, 7) is 0. The normalized spacial score (nSPS) is 13.5. The Morgan fingerprint density at radius 2 is 1.90 bits per heavy atom. The van der Waals surface area contributed by atoms with E-state index in [-0.39, 0.29) is 17.7 Å². The Balaban J connectivity index is 1.87. The van der Waals surface area contributed by atoms with Gasteiger partial charge in [-0.25, -0.2) is 0 Å². The van der Waals surface area contributed by atoms with Crippen LogP contribution >= 0.6 is 15.9 Å². The second-order valence-corrected chi connectivity index (χ2v) is 5.53. The van der Waals surface area contributed by atoms with Crippen molar-refractivity contribution in [2.24, 2.45) is 0 Å². The average molecular weight is 348 g/mol. The number of carbonyl (C=O) groups excluding carboxylic acids is 3. The van der Waals surface area contributed by atoms with Gasteiger partial charge < -0.3 is 10.3 Å². The van der Waals surface area contributed by atoms with Crippen molar-refractivity contribution in [1.29, 1.82) is 0 Å². The minimum absolute atomic E-state index is 0.299. The maximum Gasteiger partial charge on any atom is 0.272 e. The molecule has 21 heavy (non-hydrogen) atoms. The standard InChI is InChI=1S/C14H10BrN3O3/c1-18-13(20)9-3-2-8(5-10(9)14(18)21)17-12(19)11-4-7(15)6-16-11/h2-6,16H,1H3,(H,17,19). The third-order valence-corrected chi connectivity index (χ3v) is 3.70. The van der Waals surface area contributed by atoms with Crippen LogP contribution in [0.1, 0.15) is 31.2 Å². The van der Waals surface area contributed by atoms with Crippen LogP contribution in [-0.4, -0.2) is 34.7 Å². The van der Waals surface area contributed by atoms with Crippen molar-refractivity contribution >= 4 is 39.3 Å². The highest BCUT2D eigenvalue weighted by atomic mass is 79.9. The third-order valence-electron chi connectivity index (χ3n) is 3.24. The summed E-state index contributed by atoms with van der Waals surface area (Å²) in [7, 11) is 1.43. The molecule has 0 saturated carbocycles. The molecule has 2 N–H and O–H groups in total. The Hall–Kier alpha value is -2.41. The van der Waals surface area contributed by atoms with Crippen molar-refractivity contribution in [2.45, 2.75) is 0 Å². The van der Waals surface area contributed by atoms with Crippen LogP contribution in [0.4, 0.5) is 5.69 Å². The summed E-state index contributed by atoms with van der Waals surface area (Å²) in [5, 5.41) is 2.68. The molecule has 3 amide bonds. The van der Waals surface area contributed by atoms with Gasteiger partial charge in [0.25, 0.3) is 17.7 Å². The number of halogens is 1. The predicted octanol–water partition coefficient (Wildman–Crippen LogP) is 2.26. The number of amides is 3. The number of H-pyrrole nitrogens is 1. The number of aromatic amines is 1. The first-order chi connectivity index (χ1) is 9.97. The van der Waals surface area contributed by atoms with Crippen LogP contribution in [0.3, 0.4) is 0 Å². The van der Waals surface area contributed by atoms with Gasteiger partial charge in [-0.2, -0.15) is 0 Å². The predicted molar refractivity (Wildman–Crippen MR) is 79.3 cm³/mol. The molecule has 106 valence electrons. The lowest BCUT2D eigenvalue weighted by atomic mass is 10.1. The fraction of sp³-hybridized carbons (Fsp3) is 0.0714. The van der Waals surface area contributed by atoms with Crippen molar-refractivity contribution in [3.63, 3.8) is 0 Å². The molecular formula is C14H10BrN3O3. The van der Waals surface area contributed by atoms with Gasteiger partial charge in [-0.15, -0.1) is 0 Å². The van der Waals surface area contributed by atoms with E-state index in [1.807, 2.05) is 0 Å². The Bertz CT molecular complexity index is 782. The number of imide groups is 1. The lowest BCUT2D eigenvalue weighted by Crippen LogP contribution is -2.24. The van der Waals surface area contributed by atoms with Crippen LogP contribution < -0.4 is 5.32 Å². The summed E-state index contributed by atoms with van der Waals surface area (Å²) < 4.78 is 0.768. The van der Waals surface area contributed by atoms with Gasteiger partial charge >= 0.3 is 0 Å². The van der Waals surface area contributed by atoms with E-state index in [2.05, 4.69) is 26.2 Å². The van der Waals surface area contributed by atoms with Crippen molar-refractivity contribution < 1.29 is 14.4 Å². The van der Waals surface area contributed by atoms with Gasteiger partial charge in [0.1, 0.15) is 5.69 Å². The highest BCUT2D eigenvalue weighted by Gasteiger charge is 2.32. The Morgan fingerprint density at radius 3 is 2.57 bits per heavy atom. The van der Waals surface area contributed by atoms with Crippen molar-refractivity contribution in [3.05, 3.63) is 51.8 Å². The summed E-state index contributed by atoms with van der Waals surface area (Å²) in [5.41, 5.74) is 1.50. The number of hydrogen-bond donors (Lipinski definition) is 2. The van der Waals surface area contributed by atoms with E-state index in [4.69, 9.17) is 0 Å². The molecular weight excluding hydrogens is 338 g/mol. The molecule has 0 aliphatic carbocycles. The molecule has 1 aliphatic heterocycles. The second-order valence-electron chi connectivity index (χ2n) is 4.62. The zero-order chi connectivity index (χ0) is 15.1. The van der Waals surface area contributed by atoms with Crippen LogP contribution in [0.15, 0.2) is 34.9 Å². The van der Waals surface area contributed by atoms with Crippen LogP contribution in [0.2, 0.25) is 0 Å². The Morgan fingerprint density at radius 1 is 1.19 bits per heavy atom. The van der Waals surface area contributed by atoms with E-state index < -0.39 is 0 Å². The Labute approximate surface area is 128 Å². The molecule has 7 heteroatoms. The van der Waals surface area contributed by atoms with E-state index in [9.17, 15) is 14.4 Å². The first-order valence-electron chi connectivity index (χ1n) is 6.09. The number of rotatable bonds is 2. The fourth-order valence-electron chi connectivity index (χ4n) is 2.14. The summed E-state index contributed by atoms with van der Waals surface area (Å²) in [6.07, 6.45) is 1.65. The minimum Gasteiger partial charge on any atom is -0.356 e. The van der Waals surface area contributed by atoms with E-state index in [1.165, 1.54) is 13.1 Å². The smallest absolute Gasteiger partial charge is 0.272 e. The van der Waals surface area contributed by atoms with Crippen molar-refractivity contribution in [3.8, 4) is 0 Å². The van der Waals surface area contributed by atoms with Gasteiger partial charge in [-0.1, -0.05) is 0 Å². The monoisotopic (exact) mass is 347 g/mol. The topological polar surface area (TPSA) is 82.3 Å². The van der Waals surface area contributed by atoms with Gasteiger partial charge in [-0.05, 0) is 40.2 Å². The number of benzene rings is 1. The summed E-state index contributed by atoms with van der Waals surface area (Å²) in [6, 6.07) is 6.29. The molecule has 1 aliphatic rings. The molecule has 1 aromatic carbocycles.